The fraction of sp³-hybridized carbons (Fsp3) is 0.969. The Morgan fingerprint density at radius 3 is 0.865 bits per heavy atom. The standard InChI is InChI=1S/C64H128NO8P/c1-6-8-10-12-14-16-18-20-22-24-26-28-30-31-32-33-34-35-37-39-41-43-45-47-49-51-53-55-57-64(67)73-62(61-72-74(68,69)71-59-58-65(3,4)5)60-70-63(66)56-54-52-50-48-46-44-42-40-38-36-29-27-25-23-21-19-17-15-13-11-9-7-2/h62H,6-61H2,1-5H3. The van der Waals surface area contributed by atoms with E-state index in [1.807, 2.05) is 21.1 Å². The molecule has 10 heteroatoms. The van der Waals surface area contributed by atoms with Crippen LogP contribution < -0.4 is 4.89 Å². The van der Waals surface area contributed by atoms with Gasteiger partial charge in [0.05, 0.1) is 27.7 Å². The molecule has 0 rings (SSSR count). The molecule has 0 heterocycles. The molecule has 0 spiro atoms. The number of nitrogens with zero attached hydrogens (tertiary/aromatic N) is 1. The van der Waals surface area contributed by atoms with Crippen LogP contribution in [0.2, 0.25) is 0 Å². The number of esters is 2. The molecule has 0 aromatic rings. The summed E-state index contributed by atoms with van der Waals surface area (Å²) in [5, 5.41) is 0. The van der Waals surface area contributed by atoms with Crippen LogP contribution in [0.15, 0.2) is 0 Å². The van der Waals surface area contributed by atoms with Gasteiger partial charge in [-0.1, -0.05) is 322 Å². The van der Waals surface area contributed by atoms with Crippen molar-refractivity contribution in [1.82, 2.24) is 0 Å². The van der Waals surface area contributed by atoms with Gasteiger partial charge in [-0.25, -0.2) is 0 Å². The number of phosphoric ester groups is 1. The zero-order valence-corrected chi connectivity index (χ0v) is 51.2. The number of likely N-dealkylation sites (N-methyl/N-ethyl adjacent to an activating group) is 1. The lowest BCUT2D eigenvalue weighted by molar-refractivity contribution is -0.870. The Hall–Kier alpha value is -0.990. The largest absolute Gasteiger partial charge is 0.756 e. The zero-order chi connectivity index (χ0) is 54.2. The SMILES string of the molecule is CCCCCCCCCCCCCCCCCCCCCCCCCCCCCCC(=O)OC(COC(=O)CCCCCCCCCCCCCCCCCCCCCCCC)COP(=O)([O-])OCC[N+](C)(C)C. The minimum atomic E-state index is -4.63. The summed E-state index contributed by atoms with van der Waals surface area (Å²) in [5.41, 5.74) is 0. The number of hydrogen-bond donors (Lipinski definition) is 0. The molecule has 9 nitrogen and oxygen atoms in total. The van der Waals surface area contributed by atoms with Gasteiger partial charge < -0.3 is 27.9 Å². The summed E-state index contributed by atoms with van der Waals surface area (Å²) < 4.78 is 34.3. The Morgan fingerprint density at radius 1 is 0.365 bits per heavy atom. The van der Waals surface area contributed by atoms with E-state index in [1.54, 1.807) is 0 Å². The normalized spacial score (nSPS) is 13.1. The molecule has 0 saturated carbocycles. The Kier molecular flexibility index (Phi) is 56.0. The lowest BCUT2D eigenvalue weighted by atomic mass is 10.0. The monoisotopic (exact) mass is 1070 g/mol. The predicted octanol–water partition coefficient (Wildman–Crippen LogP) is 20.0. The third-order valence-corrected chi connectivity index (χ3v) is 16.1. The van der Waals surface area contributed by atoms with Gasteiger partial charge in [-0.15, -0.1) is 0 Å². The van der Waals surface area contributed by atoms with Crippen molar-refractivity contribution < 1.29 is 42.1 Å². The lowest BCUT2D eigenvalue weighted by Gasteiger charge is -2.28. The third kappa shape index (κ3) is 60.2. The Morgan fingerprint density at radius 2 is 0.608 bits per heavy atom. The smallest absolute Gasteiger partial charge is 0.306 e. The summed E-state index contributed by atoms with van der Waals surface area (Å²) in [6.45, 7) is 4.33. The van der Waals surface area contributed by atoms with Gasteiger partial charge in [0.15, 0.2) is 6.10 Å². The second kappa shape index (κ2) is 56.7. The molecule has 2 atom stereocenters. The Bertz CT molecular complexity index is 1210. The number of rotatable bonds is 62. The van der Waals surface area contributed by atoms with E-state index < -0.39 is 26.5 Å². The molecule has 74 heavy (non-hydrogen) atoms. The first-order chi connectivity index (χ1) is 36.0. The maximum absolute atomic E-state index is 12.8. The quantitative estimate of drug-likeness (QED) is 0.0256. The summed E-state index contributed by atoms with van der Waals surface area (Å²) in [5.74, 6) is -0.805. The van der Waals surface area contributed by atoms with E-state index in [4.69, 9.17) is 18.5 Å². The fourth-order valence-electron chi connectivity index (χ4n) is 10.1. The fourth-order valence-corrected chi connectivity index (χ4v) is 10.8. The molecule has 0 aromatic heterocycles. The minimum Gasteiger partial charge on any atom is -0.756 e. The van der Waals surface area contributed by atoms with Gasteiger partial charge in [-0.3, -0.25) is 14.2 Å². The maximum Gasteiger partial charge on any atom is 0.306 e. The molecule has 442 valence electrons. The molecule has 0 aromatic carbocycles. The topological polar surface area (TPSA) is 111 Å². The van der Waals surface area contributed by atoms with E-state index in [-0.39, 0.29) is 32.0 Å². The number of hydrogen-bond acceptors (Lipinski definition) is 8. The van der Waals surface area contributed by atoms with Crippen LogP contribution in [0.4, 0.5) is 0 Å². The highest BCUT2D eigenvalue weighted by Gasteiger charge is 2.22. The molecule has 0 aliphatic rings. The highest BCUT2D eigenvalue weighted by molar-refractivity contribution is 7.45. The number of unbranched alkanes of at least 4 members (excludes halogenated alkanes) is 48. The zero-order valence-electron chi connectivity index (χ0n) is 50.3. The van der Waals surface area contributed by atoms with Crippen molar-refractivity contribution in [2.75, 3.05) is 47.5 Å². The Balaban J connectivity index is 4.01. The van der Waals surface area contributed by atoms with Crippen LogP contribution in [0.25, 0.3) is 0 Å². The van der Waals surface area contributed by atoms with Crippen LogP contribution in [0.1, 0.15) is 348 Å². The molecule has 0 radical (unpaired) electrons. The molecule has 2 unspecified atom stereocenters. The van der Waals surface area contributed by atoms with Crippen LogP contribution in [0.3, 0.4) is 0 Å². The molecule has 0 bridgehead atoms. The summed E-state index contributed by atoms with van der Waals surface area (Å²) in [6, 6.07) is 0. The van der Waals surface area contributed by atoms with Crippen molar-refractivity contribution in [3.8, 4) is 0 Å². The molecular formula is C64H128NO8P. The van der Waals surface area contributed by atoms with Gasteiger partial charge in [0.25, 0.3) is 7.82 Å². The van der Waals surface area contributed by atoms with E-state index >= 15 is 0 Å². The molecule has 0 aliphatic heterocycles. The molecule has 0 aliphatic carbocycles. The van der Waals surface area contributed by atoms with E-state index in [2.05, 4.69) is 13.8 Å². The van der Waals surface area contributed by atoms with Gasteiger partial charge in [-0.05, 0) is 12.8 Å². The van der Waals surface area contributed by atoms with Gasteiger partial charge >= 0.3 is 11.9 Å². The van der Waals surface area contributed by atoms with Crippen molar-refractivity contribution >= 4 is 19.8 Å². The van der Waals surface area contributed by atoms with Crippen molar-refractivity contribution in [1.29, 1.82) is 0 Å². The average molecular weight is 1070 g/mol. The van der Waals surface area contributed by atoms with Crippen molar-refractivity contribution in [3.05, 3.63) is 0 Å². The van der Waals surface area contributed by atoms with E-state index in [1.165, 1.54) is 283 Å². The molecule has 0 fully saturated rings. The number of quaternary nitrogens is 1. The van der Waals surface area contributed by atoms with Crippen molar-refractivity contribution in [2.45, 2.75) is 354 Å². The van der Waals surface area contributed by atoms with Crippen LogP contribution >= 0.6 is 7.82 Å². The molecular weight excluding hydrogens is 942 g/mol. The Labute approximate surface area is 461 Å². The minimum absolute atomic E-state index is 0.0249. The second-order valence-electron chi connectivity index (χ2n) is 23.9. The van der Waals surface area contributed by atoms with Crippen molar-refractivity contribution in [3.63, 3.8) is 0 Å². The molecule has 0 amide bonds. The number of phosphoric acid groups is 1. The first-order valence-corrected chi connectivity index (χ1v) is 34.2. The van der Waals surface area contributed by atoms with Gasteiger partial charge in [0.2, 0.25) is 0 Å². The van der Waals surface area contributed by atoms with Crippen LogP contribution in [-0.2, 0) is 32.7 Å². The summed E-state index contributed by atoms with van der Waals surface area (Å²) in [4.78, 5) is 38.0. The number of ether oxygens (including phenoxy) is 2. The summed E-state index contributed by atoms with van der Waals surface area (Å²) in [7, 11) is 1.19. The highest BCUT2D eigenvalue weighted by Crippen LogP contribution is 2.38. The van der Waals surface area contributed by atoms with E-state index in [0.29, 0.717) is 17.4 Å². The lowest BCUT2D eigenvalue weighted by Crippen LogP contribution is -2.37. The summed E-state index contributed by atoms with van der Waals surface area (Å²) >= 11 is 0. The highest BCUT2D eigenvalue weighted by atomic mass is 31.2. The third-order valence-electron chi connectivity index (χ3n) is 15.1. The first kappa shape index (κ1) is 73.0. The average Bonchev–Trinajstić information content (AvgIpc) is 3.36. The number of carbonyl (C=O) groups excluding carboxylic acids is 2. The van der Waals surface area contributed by atoms with Crippen LogP contribution in [0.5, 0.6) is 0 Å². The molecule has 0 N–H and O–H groups in total. The van der Waals surface area contributed by atoms with Gasteiger partial charge in [0, 0.05) is 12.8 Å². The first-order valence-electron chi connectivity index (χ1n) is 32.7. The second-order valence-corrected chi connectivity index (χ2v) is 25.3. The predicted molar refractivity (Wildman–Crippen MR) is 315 cm³/mol. The van der Waals surface area contributed by atoms with Crippen LogP contribution in [0, 0.1) is 0 Å². The van der Waals surface area contributed by atoms with Gasteiger partial charge in [0.1, 0.15) is 19.8 Å². The van der Waals surface area contributed by atoms with Crippen LogP contribution in [-0.4, -0.2) is 70.0 Å². The summed E-state index contributed by atoms with van der Waals surface area (Å²) in [6.07, 6.45) is 66.0. The molecule has 0 saturated heterocycles. The number of carbonyl (C=O) groups is 2. The van der Waals surface area contributed by atoms with Gasteiger partial charge in [-0.2, -0.15) is 0 Å². The van der Waals surface area contributed by atoms with Crippen molar-refractivity contribution in [2.24, 2.45) is 0 Å². The van der Waals surface area contributed by atoms with E-state index in [9.17, 15) is 19.0 Å². The van der Waals surface area contributed by atoms with E-state index in [0.717, 1.165) is 32.1 Å². The maximum atomic E-state index is 12.8.